The highest BCUT2D eigenvalue weighted by molar-refractivity contribution is 5.97. The Morgan fingerprint density at radius 2 is 1.89 bits per heavy atom. The summed E-state index contributed by atoms with van der Waals surface area (Å²) in [4.78, 5) is 46.8. The minimum Gasteiger partial charge on any atom is -0.350 e. The Balaban J connectivity index is 1.23. The maximum Gasteiger partial charge on any atom is 0.274 e. The molecule has 2 unspecified atom stereocenters. The van der Waals surface area contributed by atoms with Crippen molar-refractivity contribution >= 4 is 28.6 Å². The molecule has 192 valence electrons. The van der Waals surface area contributed by atoms with Gasteiger partial charge in [0.25, 0.3) is 5.91 Å². The maximum atomic E-state index is 12.8. The molecule has 9 nitrogen and oxygen atoms in total. The van der Waals surface area contributed by atoms with E-state index in [-0.39, 0.29) is 24.3 Å². The first-order valence-electron chi connectivity index (χ1n) is 12.8. The number of fused-ring (bicyclic) bond motifs is 4. The zero-order chi connectivity index (χ0) is 25.5. The van der Waals surface area contributed by atoms with Crippen LogP contribution in [0.4, 0.5) is 0 Å². The normalized spacial score (nSPS) is 21.6. The highest BCUT2D eigenvalue weighted by Gasteiger charge is 2.42. The van der Waals surface area contributed by atoms with E-state index in [0.29, 0.717) is 31.7 Å². The van der Waals surface area contributed by atoms with Gasteiger partial charge < -0.3 is 19.1 Å². The molecule has 0 spiro atoms. The monoisotopic (exact) mass is 502 g/mol. The molecule has 3 aromatic rings. The smallest absolute Gasteiger partial charge is 0.274 e. The topological polar surface area (TPSA) is 93.1 Å². The van der Waals surface area contributed by atoms with Gasteiger partial charge in [0, 0.05) is 55.2 Å². The van der Waals surface area contributed by atoms with Crippen molar-refractivity contribution in [3.8, 4) is 0 Å². The van der Waals surface area contributed by atoms with Gasteiger partial charge >= 0.3 is 0 Å². The molecule has 9 heteroatoms. The Bertz CT molecular complexity index is 1360. The predicted molar refractivity (Wildman–Crippen MR) is 135 cm³/mol. The summed E-state index contributed by atoms with van der Waals surface area (Å²) in [5.41, 5.74) is 7.29. The van der Waals surface area contributed by atoms with Crippen molar-refractivity contribution < 1.29 is 24.0 Å². The van der Waals surface area contributed by atoms with E-state index < -0.39 is 12.3 Å². The third-order valence-corrected chi connectivity index (χ3v) is 7.62. The zero-order valence-electron chi connectivity index (χ0n) is 20.8. The number of hydrogen-bond donors (Lipinski definition) is 1. The number of ether oxygens (including phenoxy) is 1. The van der Waals surface area contributed by atoms with Crippen molar-refractivity contribution in [1.29, 1.82) is 0 Å². The minimum absolute atomic E-state index is 0.00465. The number of likely N-dealkylation sites (N-methyl/N-ethyl adjacent to an activating group) is 1. The molecule has 2 saturated heterocycles. The minimum atomic E-state index is -0.447. The van der Waals surface area contributed by atoms with Gasteiger partial charge in [-0.25, -0.2) is 10.3 Å². The summed E-state index contributed by atoms with van der Waals surface area (Å²) in [6.07, 6.45) is 2.92. The first-order chi connectivity index (χ1) is 18.0. The van der Waals surface area contributed by atoms with Gasteiger partial charge in [-0.2, -0.15) is 0 Å². The molecule has 2 atom stereocenters. The molecule has 3 amide bonds. The molecule has 6 rings (SSSR count). The van der Waals surface area contributed by atoms with Crippen molar-refractivity contribution in [1.82, 2.24) is 19.8 Å². The maximum absolute atomic E-state index is 12.8. The second-order valence-electron chi connectivity index (χ2n) is 10.0. The molecule has 1 aromatic heterocycles. The molecule has 0 aliphatic carbocycles. The molecule has 0 bridgehead atoms. The van der Waals surface area contributed by atoms with Crippen molar-refractivity contribution in [2.45, 2.75) is 51.1 Å². The average Bonchev–Trinajstić information content (AvgIpc) is 3.23. The first-order valence-corrected chi connectivity index (χ1v) is 12.8. The van der Waals surface area contributed by atoms with Crippen molar-refractivity contribution in [3.05, 3.63) is 70.9 Å². The third kappa shape index (κ3) is 4.38. The summed E-state index contributed by atoms with van der Waals surface area (Å²) >= 11 is 0. The largest absolute Gasteiger partial charge is 0.350 e. The lowest BCUT2D eigenvalue weighted by molar-refractivity contribution is -0.186. The van der Waals surface area contributed by atoms with Gasteiger partial charge in [0.15, 0.2) is 6.29 Å². The van der Waals surface area contributed by atoms with Crippen LogP contribution in [-0.2, 0) is 38.7 Å². The van der Waals surface area contributed by atoms with Crippen LogP contribution < -0.4 is 5.48 Å². The van der Waals surface area contributed by atoms with Crippen LogP contribution in [-0.4, -0.2) is 64.6 Å². The molecule has 1 N–H and O–H groups in total. The number of hydrogen-bond acceptors (Lipinski definition) is 5. The van der Waals surface area contributed by atoms with Crippen LogP contribution in [0.15, 0.2) is 48.5 Å². The summed E-state index contributed by atoms with van der Waals surface area (Å²) < 4.78 is 7.72. The molecule has 0 saturated carbocycles. The number of nitrogens with zero attached hydrogens (tertiary/aromatic N) is 3. The lowest BCUT2D eigenvalue weighted by Crippen LogP contribution is -2.60. The van der Waals surface area contributed by atoms with Gasteiger partial charge in [-0.3, -0.25) is 14.4 Å². The summed E-state index contributed by atoms with van der Waals surface area (Å²) in [5, 5.41) is 1.11. The number of carbonyl (C=O) groups excluding carboxylic acids is 3. The van der Waals surface area contributed by atoms with Gasteiger partial charge in [-0.15, -0.1) is 0 Å². The predicted octanol–water partition coefficient (Wildman–Crippen LogP) is 2.60. The number of carbonyl (C=O) groups is 3. The average molecular weight is 503 g/mol. The van der Waals surface area contributed by atoms with E-state index in [0.717, 1.165) is 47.0 Å². The molecule has 37 heavy (non-hydrogen) atoms. The molecule has 4 heterocycles. The standard InChI is InChI=1S/C28H30N4O5/c1-30-17-25(33)32-16-24-21(14-23(32)28(30)35)20-6-2-3-7-22(20)31(24)15-18-9-11-19(12-10-18)27(34)29-37-26-8-4-5-13-36-26/h2-3,6-7,9-12,23,26H,4-5,8,13-17H2,1H3,(H,29,34). The highest BCUT2D eigenvalue weighted by Crippen LogP contribution is 2.35. The second kappa shape index (κ2) is 9.64. The Hall–Kier alpha value is -3.69. The lowest BCUT2D eigenvalue weighted by Gasteiger charge is -2.41. The summed E-state index contributed by atoms with van der Waals surface area (Å²) in [6.45, 7) is 1.76. The molecule has 2 aromatic carbocycles. The Labute approximate surface area is 214 Å². The van der Waals surface area contributed by atoms with Gasteiger partial charge in [-0.1, -0.05) is 30.3 Å². The number of piperazine rings is 1. The van der Waals surface area contributed by atoms with Gasteiger partial charge in [0.05, 0.1) is 13.1 Å². The van der Waals surface area contributed by atoms with Gasteiger partial charge in [0.1, 0.15) is 6.04 Å². The van der Waals surface area contributed by atoms with Crippen LogP contribution in [0.5, 0.6) is 0 Å². The SMILES string of the molecule is CN1CC(=O)N2Cc3c(c4ccccc4n3Cc3ccc(C(=O)NOC4CCCCO4)cc3)CC2C1=O. The van der Waals surface area contributed by atoms with Gasteiger partial charge in [0.2, 0.25) is 11.8 Å². The van der Waals surface area contributed by atoms with E-state index >= 15 is 0 Å². The molecule has 3 aliphatic rings. The van der Waals surface area contributed by atoms with E-state index in [9.17, 15) is 14.4 Å². The summed E-state index contributed by atoms with van der Waals surface area (Å²) in [5.74, 6) is -0.338. The van der Waals surface area contributed by atoms with E-state index in [4.69, 9.17) is 9.57 Å². The fourth-order valence-corrected chi connectivity index (χ4v) is 5.63. The molecule has 0 radical (unpaired) electrons. The fraction of sp³-hybridized carbons (Fsp3) is 0.393. The molecule has 3 aliphatic heterocycles. The molecule has 2 fully saturated rings. The van der Waals surface area contributed by atoms with Crippen molar-refractivity contribution in [2.75, 3.05) is 20.2 Å². The van der Waals surface area contributed by atoms with Crippen molar-refractivity contribution in [2.24, 2.45) is 0 Å². The van der Waals surface area contributed by atoms with Crippen LogP contribution >= 0.6 is 0 Å². The number of nitrogens with one attached hydrogen (secondary N) is 1. The zero-order valence-corrected chi connectivity index (χ0v) is 20.8. The quantitative estimate of drug-likeness (QED) is 0.542. The summed E-state index contributed by atoms with van der Waals surface area (Å²) in [7, 11) is 1.69. The molecular weight excluding hydrogens is 472 g/mol. The van der Waals surface area contributed by atoms with Crippen LogP contribution in [0, 0.1) is 0 Å². The number of rotatable bonds is 5. The number of hydroxylamine groups is 1. The first kappa shape index (κ1) is 23.7. The number of aromatic nitrogens is 1. The van der Waals surface area contributed by atoms with E-state index in [1.54, 1.807) is 24.1 Å². The third-order valence-electron chi connectivity index (χ3n) is 7.62. The van der Waals surface area contributed by atoms with Gasteiger partial charge in [-0.05, 0) is 42.2 Å². The Kier molecular flexibility index (Phi) is 6.18. The number of benzene rings is 2. The van der Waals surface area contributed by atoms with Crippen LogP contribution in [0.3, 0.4) is 0 Å². The number of para-hydroxylation sites is 1. The Morgan fingerprint density at radius 1 is 1.08 bits per heavy atom. The van der Waals surface area contributed by atoms with Crippen molar-refractivity contribution in [3.63, 3.8) is 0 Å². The highest BCUT2D eigenvalue weighted by atomic mass is 16.8. The van der Waals surface area contributed by atoms with Crippen LogP contribution in [0.25, 0.3) is 10.9 Å². The van der Waals surface area contributed by atoms with E-state index in [1.165, 1.54) is 4.90 Å². The molecular formula is C28H30N4O5. The second-order valence-corrected chi connectivity index (χ2v) is 10.0. The van der Waals surface area contributed by atoms with Crippen LogP contribution in [0.2, 0.25) is 0 Å². The Morgan fingerprint density at radius 3 is 2.68 bits per heavy atom. The van der Waals surface area contributed by atoms with Crippen LogP contribution in [0.1, 0.15) is 46.4 Å². The van der Waals surface area contributed by atoms with E-state index in [2.05, 4.69) is 22.2 Å². The van der Waals surface area contributed by atoms with E-state index in [1.807, 2.05) is 24.3 Å². The lowest BCUT2D eigenvalue weighted by atomic mass is 9.94. The fourth-order valence-electron chi connectivity index (χ4n) is 5.63. The summed E-state index contributed by atoms with van der Waals surface area (Å²) in [6, 6.07) is 15.2. The number of amides is 3.